The number of hydrogen-bond acceptors (Lipinski definition) is 4. The fourth-order valence-corrected chi connectivity index (χ4v) is 4.18. The maximum Gasteiger partial charge on any atom is 0.225 e. The average Bonchev–Trinajstić information content (AvgIpc) is 3.40. The van der Waals surface area contributed by atoms with E-state index in [9.17, 15) is 4.79 Å². The predicted octanol–water partition coefficient (Wildman–Crippen LogP) is 1.94. The van der Waals surface area contributed by atoms with E-state index < -0.39 is 0 Å². The van der Waals surface area contributed by atoms with Gasteiger partial charge >= 0.3 is 0 Å². The van der Waals surface area contributed by atoms with Gasteiger partial charge in [0.25, 0.3) is 0 Å². The first kappa shape index (κ1) is 21.3. The second-order valence-corrected chi connectivity index (χ2v) is 8.29. The molecule has 0 saturated carbocycles. The second-order valence-electron chi connectivity index (χ2n) is 8.29. The zero-order valence-corrected chi connectivity index (χ0v) is 18.1. The van der Waals surface area contributed by atoms with Gasteiger partial charge in [-0.1, -0.05) is 26.0 Å². The summed E-state index contributed by atoms with van der Waals surface area (Å²) < 4.78 is 5.51. The van der Waals surface area contributed by atoms with E-state index in [2.05, 4.69) is 32.7 Å². The summed E-state index contributed by atoms with van der Waals surface area (Å²) >= 11 is 0. The fraction of sp³-hybridized carbons (Fsp3) is 0.636. The summed E-state index contributed by atoms with van der Waals surface area (Å²) in [5, 5.41) is 6.97. The van der Waals surface area contributed by atoms with Crippen LogP contribution in [0, 0.1) is 11.8 Å². The molecule has 160 valence electrons. The van der Waals surface area contributed by atoms with Gasteiger partial charge in [0.15, 0.2) is 5.96 Å². The molecule has 3 rings (SSSR count). The van der Waals surface area contributed by atoms with Crippen molar-refractivity contribution in [3.8, 4) is 5.75 Å². The molecule has 2 aliphatic rings. The molecule has 2 heterocycles. The summed E-state index contributed by atoms with van der Waals surface area (Å²) in [6.07, 6.45) is 2.10. The number of benzene rings is 1. The van der Waals surface area contributed by atoms with Gasteiger partial charge in [0, 0.05) is 51.7 Å². The number of aliphatic imine (C=N–C) groups is 1. The highest BCUT2D eigenvalue weighted by Gasteiger charge is 2.29. The van der Waals surface area contributed by atoms with E-state index in [1.54, 1.807) is 14.2 Å². The number of carbonyl (C=O) groups excluding carboxylic acids is 1. The number of methoxy groups -OCH3 is 1. The Labute approximate surface area is 174 Å². The Bertz CT molecular complexity index is 721. The van der Waals surface area contributed by atoms with Crippen molar-refractivity contribution in [1.82, 2.24) is 15.5 Å². The minimum Gasteiger partial charge on any atom is -0.495 e. The number of hydrogen-bond donors (Lipinski definition) is 2. The normalized spacial score (nSPS) is 22.3. The number of anilines is 1. The van der Waals surface area contributed by atoms with E-state index in [-0.39, 0.29) is 17.9 Å². The van der Waals surface area contributed by atoms with Crippen LogP contribution in [0.15, 0.2) is 29.3 Å². The van der Waals surface area contributed by atoms with Gasteiger partial charge in [0.2, 0.25) is 5.91 Å². The Morgan fingerprint density at radius 3 is 2.76 bits per heavy atom. The van der Waals surface area contributed by atoms with E-state index in [1.165, 1.54) is 5.69 Å². The topological polar surface area (TPSA) is 69.2 Å². The van der Waals surface area contributed by atoms with Crippen molar-refractivity contribution in [2.75, 3.05) is 51.8 Å². The Morgan fingerprint density at radius 2 is 2.03 bits per heavy atom. The number of rotatable bonds is 6. The van der Waals surface area contributed by atoms with E-state index in [0.29, 0.717) is 5.92 Å². The summed E-state index contributed by atoms with van der Waals surface area (Å²) in [6.45, 7) is 8.41. The van der Waals surface area contributed by atoms with E-state index in [4.69, 9.17) is 4.74 Å². The van der Waals surface area contributed by atoms with Crippen molar-refractivity contribution in [1.29, 1.82) is 0 Å². The average molecular weight is 402 g/mol. The third kappa shape index (κ3) is 5.34. The Kier molecular flexibility index (Phi) is 7.23. The molecule has 1 aromatic carbocycles. The lowest BCUT2D eigenvalue weighted by atomic mass is 10.1. The van der Waals surface area contributed by atoms with Crippen LogP contribution in [0.3, 0.4) is 0 Å². The molecule has 0 bridgehead atoms. The molecule has 7 nitrogen and oxygen atoms in total. The van der Waals surface area contributed by atoms with Crippen LogP contribution in [0.2, 0.25) is 0 Å². The van der Waals surface area contributed by atoms with Crippen molar-refractivity contribution >= 4 is 17.6 Å². The van der Waals surface area contributed by atoms with Crippen molar-refractivity contribution in [2.45, 2.75) is 32.7 Å². The van der Waals surface area contributed by atoms with Crippen LogP contribution < -0.4 is 20.3 Å². The first-order chi connectivity index (χ1) is 14.0. The van der Waals surface area contributed by atoms with Gasteiger partial charge in [-0.2, -0.15) is 0 Å². The number of para-hydroxylation sites is 2. The zero-order chi connectivity index (χ0) is 20.8. The highest BCUT2D eigenvalue weighted by atomic mass is 16.5. The molecule has 2 unspecified atom stereocenters. The van der Waals surface area contributed by atoms with Crippen LogP contribution in [0.1, 0.15) is 26.7 Å². The summed E-state index contributed by atoms with van der Waals surface area (Å²) in [5.74, 6) is 2.60. The summed E-state index contributed by atoms with van der Waals surface area (Å²) in [4.78, 5) is 20.9. The SMILES string of the molecule is CN=C(NCC1CCN(c2ccccc2OC)C1)NC1CCN(C(=O)C(C)C)C1. The maximum absolute atomic E-state index is 12.2. The Balaban J connectivity index is 1.45. The lowest BCUT2D eigenvalue weighted by molar-refractivity contribution is -0.133. The highest BCUT2D eigenvalue weighted by Crippen LogP contribution is 2.31. The molecule has 0 radical (unpaired) electrons. The Morgan fingerprint density at radius 1 is 1.24 bits per heavy atom. The van der Waals surface area contributed by atoms with Crippen LogP contribution in [-0.4, -0.2) is 69.7 Å². The number of nitrogens with one attached hydrogen (secondary N) is 2. The summed E-state index contributed by atoms with van der Waals surface area (Å²) in [6, 6.07) is 8.47. The third-order valence-corrected chi connectivity index (χ3v) is 5.83. The number of amides is 1. The number of likely N-dealkylation sites (tertiary alicyclic amines) is 1. The standard InChI is InChI=1S/C22H35N5O2/c1-16(2)21(28)27-12-10-18(15-27)25-22(23-3)24-13-17-9-11-26(14-17)19-7-5-6-8-20(19)29-4/h5-8,16-18H,9-15H2,1-4H3,(H2,23,24,25). The molecular formula is C22H35N5O2. The van der Waals surface area contributed by atoms with Crippen LogP contribution in [0.5, 0.6) is 5.75 Å². The molecule has 1 amide bonds. The van der Waals surface area contributed by atoms with Crippen LogP contribution >= 0.6 is 0 Å². The van der Waals surface area contributed by atoms with Crippen molar-refractivity contribution in [2.24, 2.45) is 16.8 Å². The smallest absolute Gasteiger partial charge is 0.225 e. The predicted molar refractivity (Wildman–Crippen MR) is 118 cm³/mol. The van der Waals surface area contributed by atoms with Gasteiger partial charge in [-0.15, -0.1) is 0 Å². The first-order valence-corrected chi connectivity index (χ1v) is 10.7. The second kappa shape index (κ2) is 9.85. The quantitative estimate of drug-likeness (QED) is 0.563. The summed E-state index contributed by atoms with van der Waals surface area (Å²) in [5.41, 5.74) is 1.17. The van der Waals surface area contributed by atoms with E-state index in [0.717, 1.165) is 57.3 Å². The van der Waals surface area contributed by atoms with Gasteiger partial charge in [0.05, 0.1) is 12.8 Å². The molecule has 2 atom stereocenters. The molecular weight excluding hydrogens is 366 g/mol. The lowest BCUT2D eigenvalue weighted by Crippen LogP contribution is -2.46. The highest BCUT2D eigenvalue weighted by molar-refractivity contribution is 5.81. The zero-order valence-electron chi connectivity index (χ0n) is 18.1. The van der Waals surface area contributed by atoms with Crippen molar-refractivity contribution < 1.29 is 9.53 Å². The molecule has 2 saturated heterocycles. The summed E-state index contributed by atoms with van der Waals surface area (Å²) in [7, 11) is 3.53. The van der Waals surface area contributed by atoms with Gasteiger partial charge < -0.3 is 25.2 Å². The number of nitrogens with zero attached hydrogens (tertiary/aromatic N) is 3. The Hall–Kier alpha value is -2.44. The molecule has 7 heteroatoms. The van der Waals surface area contributed by atoms with Crippen LogP contribution in [0.25, 0.3) is 0 Å². The minimum atomic E-state index is 0.0553. The molecule has 0 spiro atoms. The van der Waals surface area contributed by atoms with Crippen molar-refractivity contribution in [3.63, 3.8) is 0 Å². The van der Waals surface area contributed by atoms with E-state index >= 15 is 0 Å². The van der Waals surface area contributed by atoms with Crippen LogP contribution in [0.4, 0.5) is 5.69 Å². The van der Waals surface area contributed by atoms with Gasteiger partial charge in [-0.05, 0) is 30.9 Å². The maximum atomic E-state index is 12.2. The minimum absolute atomic E-state index is 0.0553. The molecule has 2 N–H and O–H groups in total. The molecule has 2 fully saturated rings. The lowest BCUT2D eigenvalue weighted by Gasteiger charge is -2.22. The first-order valence-electron chi connectivity index (χ1n) is 10.7. The third-order valence-electron chi connectivity index (χ3n) is 5.83. The molecule has 29 heavy (non-hydrogen) atoms. The van der Waals surface area contributed by atoms with E-state index in [1.807, 2.05) is 30.9 Å². The molecule has 2 aliphatic heterocycles. The number of ether oxygens (including phenoxy) is 1. The number of guanidine groups is 1. The fourth-order valence-electron chi connectivity index (χ4n) is 4.18. The van der Waals surface area contributed by atoms with Crippen molar-refractivity contribution in [3.05, 3.63) is 24.3 Å². The van der Waals surface area contributed by atoms with Gasteiger partial charge in [-0.25, -0.2) is 0 Å². The largest absolute Gasteiger partial charge is 0.495 e. The monoisotopic (exact) mass is 401 g/mol. The molecule has 0 aliphatic carbocycles. The molecule has 1 aromatic rings. The van der Waals surface area contributed by atoms with Gasteiger partial charge in [0.1, 0.15) is 5.75 Å². The van der Waals surface area contributed by atoms with Gasteiger partial charge in [-0.3, -0.25) is 9.79 Å². The number of carbonyl (C=O) groups is 1. The molecule has 0 aromatic heterocycles. The van der Waals surface area contributed by atoms with Crippen LogP contribution in [-0.2, 0) is 4.79 Å².